The molecule has 0 aliphatic carbocycles. The van der Waals surface area contributed by atoms with Gasteiger partial charge in [0.05, 0.1) is 22.1 Å². The Morgan fingerprint density at radius 2 is 0.588 bits per heavy atom. The van der Waals surface area contributed by atoms with Gasteiger partial charge in [-0.1, -0.05) is 200 Å². The second-order valence-corrected chi connectivity index (χ2v) is 17.2. The molecule has 0 saturated heterocycles. The molecule has 0 unspecified atom stereocenters. The van der Waals surface area contributed by atoms with E-state index in [1.54, 1.807) is 0 Å². The molecular formula is C63H41N5. The van der Waals surface area contributed by atoms with Gasteiger partial charge in [-0.3, -0.25) is 4.57 Å². The Hall–Kier alpha value is -9.19. The van der Waals surface area contributed by atoms with E-state index < -0.39 is 0 Å². The van der Waals surface area contributed by atoms with Gasteiger partial charge in [-0.25, -0.2) is 4.98 Å². The van der Waals surface area contributed by atoms with Crippen molar-refractivity contribution >= 4 is 43.6 Å². The normalized spacial score (nSPS) is 11.5. The topological polar surface area (TPSA) is 48.5 Å². The third-order valence-electron chi connectivity index (χ3n) is 13.2. The molecule has 3 aromatic heterocycles. The lowest BCUT2D eigenvalue weighted by molar-refractivity contribution is 0.953. The van der Waals surface area contributed by atoms with Crippen LogP contribution in [0.2, 0.25) is 0 Å². The number of aromatic nitrogens is 5. The quantitative estimate of drug-likeness (QED) is 0.153. The first-order valence-electron chi connectivity index (χ1n) is 23.0. The molecular weight excluding hydrogens is 827 g/mol. The molecule has 5 heteroatoms. The third kappa shape index (κ3) is 6.76. The van der Waals surface area contributed by atoms with Crippen molar-refractivity contribution in [3.63, 3.8) is 0 Å². The minimum absolute atomic E-state index is 0.555. The molecule has 0 bridgehead atoms. The summed E-state index contributed by atoms with van der Waals surface area (Å²) in [5.74, 6) is 1.76. The van der Waals surface area contributed by atoms with Crippen molar-refractivity contribution in [1.29, 1.82) is 0 Å². The van der Waals surface area contributed by atoms with E-state index in [1.807, 2.05) is 18.2 Å². The van der Waals surface area contributed by atoms with E-state index in [4.69, 9.17) is 15.0 Å². The Kier molecular flexibility index (Phi) is 9.43. The van der Waals surface area contributed by atoms with Crippen molar-refractivity contribution < 1.29 is 0 Å². The summed E-state index contributed by atoms with van der Waals surface area (Å²) >= 11 is 0. The summed E-state index contributed by atoms with van der Waals surface area (Å²) in [6.07, 6.45) is 0. The average Bonchev–Trinajstić information content (AvgIpc) is 3.95. The van der Waals surface area contributed by atoms with E-state index >= 15 is 0 Å². The molecule has 0 radical (unpaired) electrons. The third-order valence-corrected chi connectivity index (χ3v) is 13.2. The van der Waals surface area contributed by atoms with Crippen molar-refractivity contribution in [3.8, 4) is 78.9 Å². The highest BCUT2D eigenvalue weighted by molar-refractivity contribution is 6.23. The highest BCUT2D eigenvalue weighted by Crippen LogP contribution is 2.42. The van der Waals surface area contributed by atoms with Gasteiger partial charge >= 0.3 is 0 Å². The molecule has 13 aromatic rings. The van der Waals surface area contributed by atoms with Gasteiger partial charge < -0.3 is 4.57 Å². The Labute approximate surface area is 393 Å². The van der Waals surface area contributed by atoms with Crippen LogP contribution in [-0.2, 0) is 0 Å². The molecule has 68 heavy (non-hydrogen) atoms. The number of hydrogen-bond donors (Lipinski definition) is 0. The predicted molar refractivity (Wildman–Crippen MR) is 281 cm³/mol. The zero-order valence-corrected chi connectivity index (χ0v) is 36.9. The van der Waals surface area contributed by atoms with Crippen LogP contribution in [0.1, 0.15) is 0 Å². The lowest BCUT2D eigenvalue weighted by Gasteiger charge is -2.13. The molecule has 0 spiro atoms. The summed E-state index contributed by atoms with van der Waals surface area (Å²) in [6, 6.07) is 88.2. The van der Waals surface area contributed by atoms with Gasteiger partial charge in [0.2, 0.25) is 5.95 Å². The molecule has 10 aromatic carbocycles. The maximum absolute atomic E-state index is 5.43. The van der Waals surface area contributed by atoms with Gasteiger partial charge in [0.25, 0.3) is 0 Å². The zero-order valence-electron chi connectivity index (χ0n) is 36.9. The summed E-state index contributed by atoms with van der Waals surface area (Å²) in [7, 11) is 0. The van der Waals surface area contributed by atoms with Gasteiger partial charge in [-0.05, 0) is 93.0 Å². The van der Waals surface area contributed by atoms with Crippen molar-refractivity contribution in [1.82, 2.24) is 24.1 Å². The molecule has 318 valence electrons. The van der Waals surface area contributed by atoms with Crippen LogP contribution in [0.4, 0.5) is 0 Å². The fourth-order valence-corrected chi connectivity index (χ4v) is 9.97. The Morgan fingerprint density at radius 1 is 0.235 bits per heavy atom. The summed E-state index contributed by atoms with van der Waals surface area (Å²) in [5, 5.41) is 4.61. The number of hydrogen-bond acceptors (Lipinski definition) is 3. The van der Waals surface area contributed by atoms with Crippen LogP contribution in [0.3, 0.4) is 0 Å². The van der Waals surface area contributed by atoms with Crippen molar-refractivity contribution in [2.24, 2.45) is 0 Å². The van der Waals surface area contributed by atoms with E-state index in [1.165, 1.54) is 27.6 Å². The summed E-state index contributed by atoms with van der Waals surface area (Å²) in [5.41, 5.74) is 16.5. The van der Waals surface area contributed by atoms with Crippen molar-refractivity contribution in [2.75, 3.05) is 0 Å². The highest BCUT2D eigenvalue weighted by Gasteiger charge is 2.23. The lowest BCUT2D eigenvalue weighted by atomic mass is 9.94. The second-order valence-electron chi connectivity index (χ2n) is 17.2. The number of rotatable bonds is 8. The summed E-state index contributed by atoms with van der Waals surface area (Å²) < 4.78 is 4.64. The van der Waals surface area contributed by atoms with Crippen LogP contribution in [0.15, 0.2) is 249 Å². The zero-order chi connectivity index (χ0) is 45.0. The van der Waals surface area contributed by atoms with E-state index in [0.717, 1.165) is 77.3 Å². The molecule has 0 N–H and O–H groups in total. The number of nitrogens with zero attached hydrogens (tertiary/aromatic N) is 5. The van der Waals surface area contributed by atoms with E-state index in [2.05, 4.69) is 240 Å². The first-order chi connectivity index (χ1) is 33.7. The maximum Gasteiger partial charge on any atom is 0.238 e. The smallest absolute Gasteiger partial charge is 0.238 e. The first kappa shape index (κ1) is 39.2. The Bertz CT molecular complexity index is 4020. The number of fused-ring (bicyclic) bond motifs is 7. The van der Waals surface area contributed by atoms with Crippen molar-refractivity contribution in [3.05, 3.63) is 249 Å². The fourth-order valence-electron chi connectivity index (χ4n) is 9.97. The largest absolute Gasteiger partial charge is 0.307 e. The highest BCUT2D eigenvalue weighted by atomic mass is 15.2. The van der Waals surface area contributed by atoms with Crippen LogP contribution in [-0.4, -0.2) is 24.1 Å². The van der Waals surface area contributed by atoms with Crippen LogP contribution in [0.5, 0.6) is 0 Å². The molecule has 0 aliphatic rings. The Morgan fingerprint density at radius 3 is 1.10 bits per heavy atom. The monoisotopic (exact) mass is 867 g/mol. The van der Waals surface area contributed by atoms with Gasteiger partial charge in [-0.15, -0.1) is 0 Å². The van der Waals surface area contributed by atoms with Gasteiger partial charge in [0.15, 0.2) is 11.6 Å². The SMILES string of the molecule is c1ccc(-c2cccc(-c3cccc(-c4cccc(-c5cccc(-c6nc(-c7ccccc7)nc(-n7c8ccccc8c8ccc9c%10ccccc%10n(-c%10ccccc%10)c9c87)n6)c5)c4)c3)c2)cc1. The van der Waals surface area contributed by atoms with Crippen LogP contribution in [0.25, 0.3) is 123 Å². The average molecular weight is 868 g/mol. The van der Waals surface area contributed by atoms with Crippen LogP contribution in [0, 0.1) is 0 Å². The molecule has 0 atom stereocenters. The maximum atomic E-state index is 5.43. The summed E-state index contributed by atoms with van der Waals surface area (Å²) in [4.78, 5) is 16.0. The number of benzene rings is 10. The van der Waals surface area contributed by atoms with Gasteiger partial charge in [0.1, 0.15) is 0 Å². The van der Waals surface area contributed by atoms with Gasteiger partial charge in [-0.2, -0.15) is 9.97 Å². The fraction of sp³-hybridized carbons (Fsp3) is 0. The Balaban J connectivity index is 0.961. The minimum atomic E-state index is 0.555. The molecule has 0 saturated carbocycles. The van der Waals surface area contributed by atoms with Gasteiger partial charge in [0, 0.05) is 38.4 Å². The molecule has 5 nitrogen and oxygen atoms in total. The molecule has 0 amide bonds. The second kappa shape index (κ2) is 16.4. The van der Waals surface area contributed by atoms with Crippen LogP contribution >= 0.6 is 0 Å². The molecule has 3 heterocycles. The first-order valence-corrected chi connectivity index (χ1v) is 23.0. The molecule has 13 rings (SSSR count). The van der Waals surface area contributed by atoms with Crippen LogP contribution < -0.4 is 0 Å². The van der Waals surface area contributed by atoms with E-state index in [-0.39, 0.29) is 0 Å². The van der Waals surface area contributed by atoms with E-state index in [0.29, 0.717) is 17.6 Å². The summed E-state index contributed by atoms with van der Waals surface area (Å²) in [6.45, 7) is 0. The molecule has 0 fully saturated rings. The lowest BCUT2D eigenvalue weighted by Crippen LogP contribution is -2.07. The van der Waals surface area contributed by atoms with Crippen molar-refractivity contribution in [2.45, 2.75) is 0 Å². The standard InChI is InChI=1S/C63H41N5/c1-4-18-42(19-5-1)44-22-14-23-45(38-44)46-24-15-25-47(39-46)48-26-16-27-49(40-48)50-28-17-29-51(41-50)62-64-61(43-20-6-2-7-21-43)65-63(66-62)68-58-35-13-11-33-54(58)56-37-36-55-53-32-10-12-34-57(53)67(59(55)60(56)68)52-30-8-3-9-31-52/h1-41H. The predicted octanol–water partition coefficient (Wildman–Crippen LogP) is 16.1. The van der Waals surface area contributed by atoms with E-state index in [9.17, 15) is 0 Å². The number of para-hydroxylation sites is 3. The molecule has 0 aliphatic heterocycles. The minimum Gasteiger partial charge on any atom is -0.307 e.